The number of ether oxygens (including phenoxy) is 1. The maximum Gasteiger partial charge on any atom is 0.233 e. The van der Waals surface area contributed by atoms with E-state index < -0.39 is 0 Å². The minimum atomic E-state index is -0.241. The number of hydrogen-bond acceptors (Lipinski definition) is 2. The van der Waals surface area contributed by atoms with Crippen LogP contribution in [0.25, 0.3) is 0 Å². The van der Waals surface area contributed by atoms with Crippen LogP contribution in [-0.2, 0) is 14.9 Å². The summed E-state index contributed by atoms with van der Waals surface area (Å²) < 4.78 is 5.61. The Kier molecular flexibility index (Phi) is 3.63. The van der Waals surface area contributed by atoms with Crippen molar-refractivity contribution in [2.75, 3.05) is 25.0 Å². The van der Waals surface area contributed by atoms with Crippen molar-refractivity contribution in [3.63, 3.8) is 0 Å². The van der Waals surface area contributed by atoms with E-state index in [4.69, 9.17) is 4.74 Å². The van der Waals surface area contributed by atoms with E-state index in [0.29, 0.717) is 13.2 Å². The normalized spacial score (nSPS) is 25.1. The predicted molar refractivity (Wildman–Crippen MR) is 77.5 cm³/mol. The summed E-state index contributed by atoms with van der Waals surface area (Å²) in [7, 11) is 0. The lowest BCUT2D eigenvalue weighted by Crippen LogP contribution is -2.49. The highest BCUT2D eigenvalue weighted by Gasteiger charge is 2.53. The van der Waals surface area contributed by atoms with Gasteiger partial charge in [0.2, 0.25) is 5.91 Å². The van der Waals surface area contributed by atoms with Crippen molar-refractivity contribution in [1.82, 2.24) is 4.90 Å². The fraction of sp³-hybridized carbons (Fsp3) is 0.533. The van der Waals surface area contributed by atoms with Crippen molar-refractivity contribution in [2.45, 2.75) is 24.4 Å². The molecule has 0 spiro atoms. The Labute approximate surface area is 122 Å². The Balaban J connectivity index is 1.77. The summed E-state index contributed by atoms with van der Waals surface area (Å²) in [6.07, 6.45) is 2.09. The average Bonchev–Trinajstić information content (AvgIpc) is 3.29. The van der Waals surface area contributed by atoms with E-state index >= 15 is 0 Å². The fourth-order valence-corrected chi connectivity index (χ4v) is 3.20. The lowest BCUT2D eigenvalue weighted by atomic mass is 9.94. The Morgan fingerprint density at radius 2 is 2.11 bits per heavy atom. The first-order chi connectivity index (χ1) is 9.26. The molecule has 0 bridgehead atoms. The van der Waals surface area contributed by atoms with Crippen LogP contribution in [-0.4, -0.2) is 41.9 Å². The number of hydrogen-bond donors (Lipinski definition) is 0. The molecule has 1 aliphatic carbocycles. The summed E-state index contributed by atoms with van der Waals surface area (Å²) in [6, 6.07) is 10.2. The summed E-state index contributed by atoms with van der Waals surface area (Å²) in [5.41, 5.74) is 0.928. The van der Waals surface area contributed by atoms with Crippen LogP contribution in [0.4, 0.5) is 0 Å². The molecule has 102 valence electrons. The third-order valence-corrected chi connectivity index (χ3v) is 4.81. The summed E-state index contributed by atoms with van der Waals surface area (Å²) in [5.74, 6) is 0.285. The van der Waals surface area contributed by atoms with Gasteiger partial charge in [0.15, 0.2) is 0 Å². The van der Waals surface area contributed by atoms with Crippen molar-refractivity contribution < 1.29 is 9.53 Å². The van der Waals surface area contributed by atoms with Gasteiger partial charge in [-0.15, -0.1) is 0 Å². The van der Waals surface area contributed by atoms with E-state index in [9.17, 15) is 4.79 Å². The highest BCUT2D eigenvalue weighted by atomic mass is 79.9. The van der Waals surface area contributed by atoms with Gasteiger partial charge in [-0.25, -0.2) is 0 Å². The molecule has 0 aromatic heterocycles. The highest BCUT2D eigenvalue weighted by molar-refractivity contribution is 9.09. The monoisotopic (exact) mass is 323 g/mol. The van der Waals surface area contributed by atoms with Crippen LogP contribution in [0.1, 0.15) is 18.4 Å². The topological polar surface area (TPSA) is 29.5 Å². The Morgan fingerprint density at radius 3 is 2.74 bits per heavy atom. The molecule has 0 radical (unpaired) electrons. The van der Waals surface area contributed by atoms with Crippen molar-refractivity contribution in [3.05, 3.63) is 35.9 Å². The molecule has 1 aliphatic heterocycles. The van der Waals surface area contributed by atoms with Crippen LogP contribution in [0.2, 0.25) is 0 Å². The molecule has 1 saturated heterocycles. The second-order valence-corrected chi connectivity index (χ2v) is 5.99. The number of benzene rings is 1. The maximum absolute atomic E-state index is 12.8. The minimum Gasteiger partial charge on any atom is -0.374 e. The van der Waals surface area contributed by atoms with Crippen LogP contribution in [0.3, 0.4) is 0 Å². The van der Waals surface area contributed by atoms with Crippen molar-refractivity contribution in [1.29, 1.82) is 0 Å². The van der Waals surface area contributed by atoms with Gasteiger partial charge in [-0.3, -0.25) is 4.79 Å². The smallest absolute Gasteiger partial charge is 0.233 e. The quantitative estimate of drug-likeness (QED) is 0.799. The molecule has 19 heavy (non-hydrogen) atoms. The second-order valence-electron chi connectivity index (χ2n) is 5.35. The van der Waals surface area contributed by atoms with E-state index in [-0.39, 0.29) is 17.4 Å². The van der Waals surface area contributed by atoms with Gasteiger partial charge in [-0.05, 0) is 18.4 Å². The van der Waals surface area contributed by atoms with E-state index in [1.54, 1.807) is 0 Å². The van der Waals surface area contributed by atoms with Gasteiger partial charge < -0.3 is 9.64 Å². The molecule has 2 aliphatic rings. The van der Waals surface area contributed by atoms with E-state index in [0.717, 1.165) is 24.7 Å². The van der Waals surface area contributed by atoms with Gasteiger partial charge in [0, 0.05) is 18.4 Å². The number of halogens is 1. The fourth-order valence-electron chi connectivity index (χ4n) is 2.81. The zero-order valence-electron chi connectivity index (χ0n) is 10.8. The van der Waals surface area contributed by atoms with Gasteiger partial charge in [-0.2, -0.15) is 0 Å². The number of alkyl halides is 1. The third kappa shape index (κ3) is 2.43. The molecule has 3 rings (SSSR count). The lowest BCUT2D eigenvalue weighted by molar-refractivity contribution is -0.140. The molecule has 3 nitrogen and oxygen atoms in total. The summed E-state index contributed by atoms with van der Waals surface area (Å²) in [6.45, 7) is 2.07. The van der Waals surface area contributed by atoms with Crippen molar-refractivity contribution in [2.24, 2.45) is 0 Å². The zero-order chi connectivity index (χ0) is 13.3. The van der Waals surface area contributed by atoms with Gasteiger partial charge in [0.05, 0.1) is 18.1 Å². The first-order valence-corrected chi connectivity index (χ1v) is 7.91. The van der Waals surface area contributed by atoms with Gasteiger partial charge in [0.25, 0.3) is 0 Å². The largest absolute Gasteiger partial charge is 0.374 e. The average molecular weight is 324 g/mol. The van der Waals surface area contributed by atoms with Crippen LogP contribution >= 0.6 is 15.9 Å². The van der Waals surface area contributed by atoms with Gasteiger partial charge >= 0.3 is 0 Å². The van der Waals surface area contributed by atoms with E-state index in [2.05, 4.69) is 28.1 Å². The van der Waals surface area contributed by atoms with Crippen LogP contribution in [0, 0.1) is 0 Å². The first kappa shape index (κ1) is 13.1. The summed E-state index contributed by atoms with van der Waals surface area (Å²) >= 11 is 3.44. The lowest BCUT2D eigenvalue weighted by Gasteiger charge is -2.34. The first-order valence-electron chi connectivity index (χ1n) is 6.79. The number of rotatable bonds is 3. The van der Waals surface area contributed by atoms with E-state index in [1.807, 2.05) is 23.1 Å². The second kappa shape index (κ2) is 5.25. The maximum atomic E-state index is 12.8. The molecule has 1 aromatic rings. The number of morpholine rings is 1. The van der Waals surface area contributed by atoms with E-state index in [1.165, 1.54) is 5.56 Å². The standard InChI is InChI=1S/C15H18BrNO2/c16-10-13-11-17(8-9-19-13)14(18)15(6-7-15)12-4-2-1-3-5-12/h1-5,13H,6-11H2. The summed E-state index contributed by atoms with van der Waals surface area (Å²) in [5, 5.41) is 0.787. The van der Waals surface area contributed by atoms with Crippen molar-refractivity contribution >= 4 is 21.8 Å². The molecule has 1 aromatic carbocycles. The molecule has 1 atom stereocenters. The van der Waals surface area contributed by atoms with Crippen LogP contribution in [0.15, 0.2) is 30.3 Å². The molecule has 0 N–H and O–H groups in total. The Morgan fingerprint density at radius 1 is 1.37 bits per heavy atom. The highest BCUT2D eigenvalue weighted by Crippen LogP contribution is 2.49. The zero-order valence-corrected chi connectivity index (χ0v) is 12.4. The number of amides is 1. The van der Waals surface area contributed by atoms with Crippen LogP contribution in [0.5, 0.6) is 0 Å². The molecule has 1 amide bonds. The molecular formula is C15H18BrNO2. The van der Waals surface area contributed by atoms with Crippen LogP contribution < -0.4 is 0 Å². The molecule has 2 fully saturated rings. The predicted octanol–water partition coefficient (Wildman–Crippen LogP) is 2.34. The SMILES string of the molecule is O=C(N1CCOC(CBr)C1)C1(c2ccccc2)CC1. The van der Waals surface area contributed by atoms with Gasteiger partial charge in [-0.1, -0.05) is 46.3 Å². The summed E-state index contributed by atoms with van der Waals surface area (Å²) in [4.78, 5) is 14.8. The molecule has 4 heteroatoms. The molecule has 1 heterocycles. The Bertz CT molecular complexity index is 458. The number of nitrogens with zero attached hydrogens (tertiary/aromatic N) is 1. The molecule has 1 unspecified atom stereocenters. The Hall–Kier alpha value is -0.870. The van der Waals surface area contributed by atoms with Gasteiger partial charge in [0.1, 0.15) is 0 Å². The molecule has 1 saturated carbocycles. The third-order valence-electron chi connectivity index (χ3n) is 4.08. The molecular weight excluding hydrogens is 306 g/mol. The number of carbonyl (C=O) groups excluding carboxylic acids is 1. The van der Waals surface area contributed by atoms with Crippen molar-refractivity contribution in [3.8, 4) is 0 Å². The minimum absolute atomic E-state index is 0.129. The number of carbonyl (C=O) groups is 1.